The van der Waals surface area contributed by atoms with Crippen LogP contribution in [0.4, 0.5) is 22.0 Å². The second-order valence-corrected chi connectivity index (χ2v) is 6.38. The smallest absolute Gasteiger partial charge is 0.319 e. The van der Waals surface area contributed by atoms with Gasteiger partial charge in [0.05, 0.1) is 16.9 Å². The van der Waals surface area contributed by atoms with Crippen molar-refractivity contribution in [2.75, 3.05) is 41.7 Å². The third-order valence-electron chi connectivity index (χ3n) is 4.48. The molecule has 0 atom stereocenters. The van der Waals surface area contributed by atoms with Crippen molar-refractivity contribution >= 4 is 23.2 Å². The number of nitriles is 1. The number of hydrogen-bond acceptors (Lipinski definition) is 5. The van der Waals surface area contributed by atoms with Gasteiger partial charge in [-0.3, -0.25) is 0 Å². The van der Waals surface area contributed by atoms with Crippen molar-refractivity contribution in [2.24, 2.45) is 0 Å². The van der Waals surface area contributed by atoms with Gasteiger partial charge in [0.15, 0.2) is 0 Å². The van der Waals surface area contributed by atoms with Gasteiger partial charge in [-0.1, -0.05) is 12.1 Å². The zero-order valence-electron chi connectivity index (χ0n) is 15.2. The summed E-state index contributed by atoms with van der Waals surface area (Å²) in [5.41, 5.74) is 2.37. The van der Waals surface area contributed by atoms with E-state index in [0.29, 0.717) is 24.5 Å². The van der Waals surface area contributed by atoms with Crippen LogP contribution in [0.5, 0.6) is 0 Å². The third kappa shape index (κ3) is 5.11. The molecule has 0 spiro atoms. The molecule has 2 amide bonds. The highest BCUT2D eigenvalue weighted by atomic mass is 16.2. The quantitative estimate of drug-likeness (QED) is 0.685. The molecule has 1 aliphatic rings. The Morgan fingerprint density at radius 2 is 1.93 bits per heavy atom. The number of nitrogens with zero attached hydrogens (tertiary/aromatic N) is 3. The highest BCUT2D eigenvalue weighted by Gasteiger charge is 2.15. The van der Waals surface area contributed by atoms with Gasteiger partial charge in [0.1, 0.15) is 11.9 Å². The first kappa shape index (κ1) is 18.5. The van der Waals surface area contributed by atoms with E-state index in [-0.39, 0.29) is 6.03 Å². The lowest BCUT2D eigenvalue weighted by atomic mass is 10.1. The number of pyridine rings is 1. The van der Waals surface area contributed by atoms with E-state index in [9.17, 15) is 4.79 Å². The van der Waals surface area contributed by atoms with Crippen LogP contribution < -0.4 is 20.9 Å². The SMILES string of the molecule is N#Cc1cccnc1NCCNC(=O)Nc1ccccc1N1CCCCC1. The van der Waals surface area contributed by atoms with Crippen LogP contribution in [0.15, 0.2) is 42.6 Å². The van der Waals surface area contributed by atoms with Crippen molar-refractivity contribution in [1.82, 2.24) is 10.3 Å². The normalized spacial score (nSPS) is 13.5. The van der Waals surface area contributed by atoms with Crippen molar-refractivity contribution < 1.29 is 4.79 Å². The van der Waals surface area contributed by atoms with Gasteiger partial charge in [-0.15, -0.1) is 0 Å². The molecule has 7 heteroatoms. The predicted molar refractivity (Wildman–Crippen MR) is 107 cm³/mol. The second-order valence-electron chi connectivity index (χ2n) is 6.38. The number of anilines is 3. The van der Waals surface area contributed by atoms with Crippen LogP contribution in [0.25, 0.3) is 0 Å². The monoisotopic (exact) mass is 364 g/mol. The lowest BCUT2D eigenvalue weighted by Crippen LogP contribution is -2.34. The van der Waals surface area contributed by atoms with E-state index in [4.69, 9.17) is 5.26 Å². The molecule has 1 fully saturated rings. The Morgan fingerprint density at radius 3 is 2.74 bits per heavy atom. The molecule has 0 bridgehead atoms. The largest absolute Gasteiger partial charge is 0.370 e. The standard InChI is InChI=1S/C20H24N6O/c21-15-16-7-6-10-22-19(16)23-11-12-24-20(27)25-17-8-2-3-9-18(17)26-13-4-1-5-14-26/h2-3,6-10H,1,4-5,11-14H2,(H,22,23)(H2,24,25,27). The van der Waals surface area contributed by atoms with Crippen molar-refractivity contribution in [1.29, 1.82) is 5.26 Å². The number of carbonyl (C=O) groups is 1. The molecule has 0 radical (unpaired) electrons. The van der Waals surface area contributed by atoms with Crippen LogP contribution in [0.2, 0.25) is 0 Å². The summed E-state index contributed by atoms with van der Waals surface area (Å²) in [6.07, 6.45) is 5.26. The number of piperidine rings is 1. The van der Waals surface area contributed by atoms with Crippen LogP contribution in [0, 0.1) is 11.3 Å². The number of para-hydroxylation sites is 2. The molecule has 1 aromatic heterocycles. The maximum absolute atomic E-state index is 12.2. The fourth-order valence-electron chi connectivity index (χ4n) is 3.15. The Balaban J connectivity index is 1.49. The number of urea groups is 1. The summed E-state index contributed by atoms with van der Waals surface area (Å²) >= 11 is 0. The fourth-order valence-corrected chi connectivity index (χ4v) is 3.15. The van der Waals surface area contributed by atoms with Gasteiger partial charge in [-0.25, -0.2) is 9.78 Å². The summed E-state index contributed by atoms with van der Waals surface area (Å²) in [6.45, 7) is 2.94. The lowest BCUT2D eigenvalue weighted by Gasteiger charge is -2.30. The first-order valence-corrected chi connectivity index (χ1v) is 9.26. The first-order chi connectivity index (χ1) is 13.3. The van der Waals surface area contributed by atoms with E-state index in [1.807, 2.05) is 24.3 Å². The maximum Gasteiger partial charge on any atom is 0.319 e. The van der Waals surface area contributed by atoms with E-state index in [1.54, 1.807) is 18.3 Å². The zero-order chi connectivity index (χ0) is 18.9. The predicted octanol–water partition coefficient (Wildman–Crippen LogP) is 3.18. The summed E-state index contributed by atoms with van der Waals surface area (Å²) < 4.78 is 0. The number of hydrogen-bond donors (Lipinski definition) is 3. The third-order valence-corrected chi connectivity index (χ3v) is 4.48. The Labute approximate surface area is 159 Å². The molecule has 1 aromatic carbocycles. The average Bonchev–Trinajstić information content (AvgIpc) is 2.72. The van der Waals surface area contributed by atoms with Gasteiger partial charge in [0.2, 0.25) is 0 Å². The lowest BCUT2D eigenvalue weighted by molar-refractivity contribution is 0.252. The van der Waals surface area contributed by atoms with Gasteiger partial charge in [0.25, 0.3) is 0 Å². The zero-order valence-corrected chi connectivity index (χ0v) is 15.2. The minimum atomic E-state index is -0.247. The van der Waals surface area contributed by atoms with Gasteiger partial charge < -0.3 is 20.9 Å². The van der Waals surface area contributed by atoms with Crippen molar-refractivity contribution in [3.8, 4) is 6.07 Å². The Kier molecular flexibility index (Phi) is 6.47. The second kappa shape index (κ2) is 9.43. The molecule has 2 aromatic rings. The highest BCUT2D eigenvalue weighted by molar-refractivity contribution is 5.93. The van der Waals surface area contributed by atoms with E-state index < -0.39 is 0 Å². The van der Waals surface area contributed by atoms with Crippen LogP contribution in [0.3, 0.4) is 0 Å². The van der Waals surface area contributed by atoms with Crippen LogP contribution in [-0.2, 0) is 0 Å². The summed E-state index contributed by atoms with van der Waals surface area (Å²) in [4.78, 5) is 18.7. The van der Waals surface area contributed by atoms with E-state index in [1.165, 1.54) is 19.3 Å². The van der Waals surface area contributed by atoms with Gasteiger partial charge in [-0.2, -0.15) is 5.26 Å². The minimum absolute atomic E-state index is 0.247. The fraction of sp³-hybridized carbons (Fsp3) is 0.350. The Morgan fingerprint density at radius 1 is 1.11 bits per heavy atom. The topological polar surface area (TPSA) is 93.1 Å². The van der Waals surface area contributed by atoms with Crippen LogP contribution in [-0.4, -0.2) is 37.2 Å². The van der Waals surface area contributed by atoms with Gasteiger partial charge in [0, 0.05) is 32.4 Å². The average molecular weight is 364 g/mol. The molecule has 0 aliphatic carbocycles. The number of benzene rings is 1. The summed E-state index contributed by atoms with van der Waals surface area (Å²) in [7, 11) is 0. The van der Waals surface area contributed by atoms with Crippen molar-refractivity contribution in [2.45, 2.75) is 19.3 Å². The first-order valence-electron chi connectivity index (χ1n) is 9.26. The molecular formula is C20H24N6O. The molecule has 140 valence electrons. The molecule has 3 rings (SSSR count). The molecule has 0 unspecified atom stereocenters. The van der Waals surface area contributed by atoms with Crippen molar-refractivity contribution in [3.63, 3.8) is 0 Å². The van der Waals surface area contributed by atoms with E-state index in [2.05, 4.69) is 31.9 Å². The molecule has 1 saturated heterocycles. The number of rotatable bonds is 6. The summed E-state index contributed by atoms with van der Waals surface area (Å²) in [5, 5.41) is 17.9. The molecule has 2 heterocycles. The maximum atomic E-state index is 12.2. The number of nitrogens with one attached hydrogen (secondary N) is 3. The van der Waals surface area contributed by atoms with Crippen molar-refractivity contribution in [3.05, 3.63) is 48.2 Å². The van der Waals surface area contributed by atoms with E-state index >= 15 is 0 Å². The number of amides is 2. The van der Waals surface area contributed by atoms with Crippen LogP contribution >= 0.6 is 0 Å². The minimum Gasteiger partial charge on any atom is -0.370 e. The molecular weight excluding hydrogens is 340 g/mol. The van der Waals surface area contributed by atoms with Gasteiger partial charge in [-0.05, 0) is 43.5 Å². The molecule has 27 heavy (non-hydrogen) atoms. The molecule has 3 N–H and O–H groups in total. The Bertz CT molecular complexity index is 810. The van der Waals surface area contributed by atoms with Crippen LogP contribution in [0.1, 0.15) is 24.8 Å². The summed E-state index contributed by atoms with van der Waals surface area (Å²) in [5.74, 6) is 0.526. The molecule has 7 nitrogen and oxygen atoms in total. The Hall–Kier alpha value is -3.27. The highest BCUT2D eigenvalue weighted by Crippen LogP contribution is 2.28. The van der Waals surface area contributed by atoms with E-state index in [0.717, 1.165) is 24.5 Å². The van der Waals surface area contributed by atoms with Gasteiger partial charge >= 0.3 is 6.03 Å². The number of carbonyl (C=O) groups excluding carboxylic acids is 1. The molecule has 0 saturated carbocycles. The number of aromatic nitrogens is 1. The molecule has 1 aliphatic heterocycles. The summed E-state index contributed by atoms with van der Waals surface area (Å²) in [6, 6.07) is 13.2.